The van der Waals surface area contributed by atoms with Crippen molar-refractivity contribution in [2.24, 2.45) is 5.84 Å². The number of fused-ring (bicyclic) bond motifs is 1. The first kappa shape index (κ1) is 12.4. The van der Waals surface area contributed by atoms with E-state index in [2.05, 4.69) is 49.6 Å². The molecule has 0 bridgehead atoms. The van der Waals surface area contributed by atoms with E-state index in [1.807, 2.05) is 6.07 Å². The Morgan fingerprint density at radius 2 is 2.00 bits per heavy atom. The Hall–Kier alpha value is -1.62. The molecular weight excluding hydrogens is 256 g/mol. The van der Waals surface area contributed by atoms with E-state index in [4.69, 9.17) is 10.3 Å². The van der Waals surface area contributed by atoms with Crippen molar-refractivity contribution in [3.63, 3.8) is 0 Å². The lowest BCUT2D eigenvalue weighted by Crippen LogP contribution is -2.27. The third kappa shape index (κ3) is 2.30. The van der Waals surface area contributed by atoms with Crippen LogP contribution >= 0.6 is 11.3 Å². The molecule has 1 unspecified atom stereocenters. The van der Waals surface area contributed by atoms with Crippen LogP contribution in [-0.2, 0) is 0 Å². The molecule has 98 valence electrons. The minimum absolute atomic E-state index is 0.0913. The summed E-state index contributed by atoms with van der Waals surface area (Å²) >= 11 is 1.73. The summed E-state index contributed by atoms with van der Waals surface area (Å²) in [7, 11) is 0. The normalized spacial score (nSPS) is 13.0. The molecule has 0 spiro atoms. The summed E-state index contributed by atoms with van der Waals surface area (Å²) in [5, 5.41) is 1.11. The zero-order valence-electron chi connectivity index (χ0n) is 10.9. The highest BCUT2D eigenvalue weighted by Crippen LogP contribution is 2.31. The van der Waals surface area contributed by atoms with E-state index in [1.54, 1.807) is 11.3 Å². The number of furan rings is 1. The molecule has 0 aliphatic heterocycles. The van der Waals surface area contributed by atoms with Gasteiger partial charge in [0.05, 0.1) is 0 Å². The first-order chi connectivity index (χ1) is 9.17. The maximum absolute atomic E-state index is 5.90. The molecule has 0 radical (unpaired) electrons. The van der Waals surface area contributed by atoms with Crippen LogP contribution in [0.25, 0.3) is 11.0 Å². The molecule has 0 aliphatic carbocycles. The van der Waals surface area contributed by atoms with Gasteiger partial charge < -0.3 is 4.42 Å². The van der Waals surface area contributed by atoms with Gasteiger partial charge in [-0.15, -0.1) is 11.3 Å². The van der Waals surface area contributed by atoms with Crippen LogP contribution in [0.3, 0.4) is 0 Å². The van der Waals surface area contributed by atoms with Crippen LogP contribution in [0.1, 0.15) is 27.1 Å². The van der Waals surface area contributed by atoms with Gasteiger partial charge in [-0.05, 0) is 44.2 Å². The first-order valence-corrected chi connectivity index (χ1v) is 7.01. The first-order valence-electron chi connectivity index (χ1n) is 6.20. The molecule has 3 rings (SSSR count). The number of hydrogen-bond acceptors (Lipinski definition) is 4. The van der Waals surface area contributed by atoms with Crippen molar-refractivity contribution >= 4 is 22.3 Å². The maximum Gasteiger partial charge on any atom is 0.134 e. The average Bonchev–Trinajstić information content (AvgIpc) is 2.96. The van der Waals surface area contributed by atoms with Gasteiger partial charge in [-0.2, -0.15) is 0 Å². The number of hydrazine groups is 1. The Morgan fingerprint density at radius 3 is 2.68 bits per heavy atom. The molecule has 2 aromatic heterocycles. The molecule has 0 fully saturated rings. The minimum Gasteiger partial charge on any atom is -0.459 e. The van der Waals surface area contributed by atoms with Crippen LogP contribution in [-0.4, -0.2) is 0 Å². The van der Waals surface area contributed by atoms with Crippen molar-refractivity contribution in [3.05, 3.63) is 57.5 Å². The highest BCUT2D eigenvalue weighted by atomic mass is 32.1. The van der Waals surface area contributed by atoms with E-state index in [1.165, 1.54) is 10.4 Å². The topological polar surface area (TPSA) is 51.2 Å². The van der Waals surface area contributed by atoms with Crippen molar-refractivity contribution in [3.8, 4) is 0 Å². The lowest BCUT2D eigenvalue weighted by molar-refractivity contribution is 0.481. The summed E-state index contributed by atoms with van der Waals surface area (Å²) in [6.07, 6.45) is 0. The predicted molar refractivity (Wildman–Crippen MR) is 79.2 cm³/mol. The molecule has 2 heterocycles. The zero-order chi connectivity index (χ0) is 13.4. The second kappa shape index (κ2) is 4.81. The molecule has 3 nitrogen and oxygen atoms in total. The van der Waals surface area contributed by atoms with Gasteiger partial charge in [-0.3, -0.25) is 5.84 Å². The van der Waals surface area contributed by atoms with Gasteiger partial charge >= 0.3 is 0 Å². The SMILES string of the molecule is Cc1ccc2oc(C(NN)c3ccc(C)s3)cc2c1. The zero-order valence-corrected chi connectivity index (χ0v) is 11.8. The molecule has 0 aliphatic rings. The largest absolute Gasteiger partial charge is 0.459 e. The Balaban J connectivity index is 2.06. The molecular formula is C15H16N2OS. The van der Waals surface area contributed by atoms with Gasteiger partial charge in [0.1, 0.15) is 17.4 Å². The fourth-order valence-corrected chi connectivity index (χ4v) is 3.18. The molecule has 0 saturated heterocycles. The summed E-state index contributed by atoms with van der Waals surface area (Å²) in [5.41, 5.74) is 4.96. The number of aryl methyl sites for hydroxylation is 2. The summed E-state index contributed by atoms with van der Waals surface area (Å²) in [4.78, 5) is 2.43. The second-order valence-corrected chi connectivity index (χ2v) is 6.06. The van der Waals surface area contributed by atoms with Gasteiger partial charge in [-0.1, -0.05) is 11.6 Å². The smallest absolute Gasteiger partial charge is 0.134 e. The van der Waals surface area contributed by atoms with Gasteiger partial charge in [0.15, 0.2) is 0 Å². The Kier molecular flexibility index (Phi) is 3.14. The van der Waals surface area contributed by atoms with E-state index in [0.717, 1.165) is 21.6 Å². The van der Waals surface area contributed by atoms with Crippen molar-refractivity contribution in [1.29, 1.82) is 0 Å². The third-order valence-electron chi connectivity index (χ3n) is 3.19. The number of rotatable bonds is 3. The third-order valence-corrected chi connectivity index (χ3v) is 4.25. The summed E-state index contributed by atoms with van der Waals surface area (Å²) in [6, 6.07) is 12.3. The highest BCUT2D eigenvalue weighted by molar-refractivity contribution is 7.12. The molecule has 1 atom stereocenters. The standard InChI is InChI=1S/C15H16N2OS/c1-9-3-5-12-11(7-9)8-13(18-12)15(17-16)14-6-4-10(2)19-14/h3-8,15,17H,16H2,1-2H3. The van der Waals surface area contributed by atoms with Crippen LogP contribution in [0.15, 0.2) is 40.8 Å². The molecule has 19 heavy (non-hydrogen) atoms. The van der Waals surface area contributed by atoms with E-state index in [0.29, 0.717) is 0 Å². The van der Waals surface area contributed by atoms with Crippen LogP contribution in [0.2, 0.25) is 0 Å². The second-order valence-electron chi connectivity index (χ2n) is 4.74. The number of thiophene rings is 1. The quantitative estimate of drug-likeness (QED) is 0.565. The van der Waals surface area contributed by atoms with Crippen molar-refractivity contribution in [1.82, 2.24) is 5.43 Å². The van der Waals surface area contributed by atoms with Crippen molar-refractivity contribution in [2.45, 2.75) is 19.9 Å². The van der Waals surface area contributed by atoms with E-state index in [9.17, 15) is 0 Å². The van der Waals surface area contributed by atoms with Crippen LogP contribution < -0.4 is 11.3 Å². The van der Waals surface area contributed by atoms with Crippen LogP contribution in [0.5, 0.6) is 0 Å². The van der Waals surface area contributed by atoms with Crippen LogP contribution in [0, 0.1) is 13.8 Å². The van der Waals surface area contributed by atoms with Gasteiger partial charge in [0, 0.05) is 15.1 Å². The molecule has 1 aromatic carbocycles. The summed E-state index contributed by atoms with van der Waals surface area (Å²) in [5.74, 6) is 6.55. The number of benzene rings is 1. The molecule has 3 aromatic rings. The summed E-state index contributed by atoms with van der Waals surface area (Å²) < 4.78 is 5.90. The van der Waals surface area contributed by atoms with Crippen molar-refractivity contribution in [2.75, 3.05) is 0 Å². The van der Waals surface area contributed by atoms with Gasteiger partial charge in [-0.25, -0.2) is 5.43 Å². The Labute approximate surface area is 116 Å². The monoisotopic (exact) mass is 272 g/mol. The lowest BCUT2D eigenvalue weighted by Gasteiger charge is -2.10. The number of nitrogens with two attached hydrogens (primary N) is 1. The molecule has 4 heteroatoms. The Morgan fingerprint density at radius 1 is 1.16 bits per heavy atom. The van der Waals surface area contributed by atoms with Crippen molar-refractivity contribution < 1.29 is 4.42 Å². The summed E-state index contributed by atoms with van der Waals surface area (Å²) in [6.45, 7) is 4.16. The molecule has 3 N–H and O–H groups in total. The number of nitrogens with one attached hydrogen (secondary N) is 1. The van der Waals surface area contributed by atoms with E-state index < -0.39 is 0 Å². The van der Waals surface area contributed by atoms with E-state index >= 15 is 0 Å². The van der Waals surface area contributed by atoms with Gasteiger partial charge in [0.2, 0.25) is 0 Å². The fourth-order valence-electron chi connectivity index (χ4n) is 2.24. The fraction of sp³-hybridized carbons (Fsp3) is 0.200. The minimum atomic E-state index is -0.0913. The highest BCUT2D eigenvalue weighted by Gasteiger charge is 2.18. The molecule has 0 saturated carbocycles. The number of hydrogen-bond donors (Lipinski definition) is 2. The predicted octanol–water partition coefficient (Wildman–Crippen LogP) is 3.66. The average molecular weight is 272 g/mol. The van der Waals surface area contributed by atoms with E-state index in [-0.39, 0.29) is 6.04 Å². The molecule has 0 amide bonds. The van der Waals surface area contributed by atoms with Gasteiger partial charge in [0.25, 0.3) is 0 Å². The van der Waals surface area contributed by atoms with Crippen LogP contribution in [0.4, 0.5) is 0 Å². The lowest BCUT2D eigenvalue weighted by atomic mass is 10.1. The maximum atomic E-state index is 5.90. The Bertz CT molecular complexity index is 714.